The first-order valence-electron chi connectivity index (χ1n) is 5.93. The Morgan fingerprint density at radius 3 is 2.33 bits per heavy atom. The Hall–Kier alpha value is 0.800. The molecule has 0 unspecified atom stereocenters. The van der Waals surface area contributed by atoms with Crippen LogP contribution >= 0.6 is 7.82 Å². The minimum Gasteiger partial charge on any atom is -0.790 e. The summed E-state index contributed by atoms with van der Waals surface area (Å²) in [6.07, 6.45) is 1.01. The third-order valence-corrected chi connectivity index (χ3v) is 2.88. The van der Waals surface area contributed by atoms with Crippen LogP contribution in [0, 0.1) is 0 Å². The molecular weight excluding hydrogens is 315 g/mol. The molecule has 6 nitrogen and oxygen atoms in total. The average Bonchev–Trinajstić information content (AvgIpc) is 2.35. The molecule has 21 heavy (non-hydrogen) atoms. The molecule has 0 aliphatic carbocycles. The fraction of sp³-hybridized carbons (Fsp3) is 0.417. The number of carbonyl (C=O) groups excluding carboxylic acids is 1. The van der Waals surface area contributed by atoms with Crippen LogP contribution in [0.15, 0.2) is 30.3 Å². The van der Waals surface area contributed by atoms with Crippen molar-refractivity contribution in [1.82, 2.24) is 5.32 Å². The topological polar surface area (TPSA) is 102 Å². The van der Waals surface area contributed by atoms with E-state index in [0.717, 1.165) is 0 Å². The predicted octanol–water partition coefficient (Wildman–Crippen LogP) is -5.50. The second-order valence-corrected chi connectivity index (χ2v) is 5.18. The molecule has 1 amide bonds. The molecule has 1 aromatic carbocycles. The minimum atomic E-state index is -5.05. The molecule has 0 aliphatic rings. The van der Waals surface area contributed by atoms with Crippen molar-refractivity contribution < 1.29 is 82.8 Å². The summed E-state index contributed by atoms with van der Waals surface area (Å²) < 4.78 is 14.8. The van der Waals surface area contributed by atoms with Crippen LogP contribution in [0.2, 0.25) is 0 Å². The van der Waals surface area contributed by atoms with Gasteiger partial charge in [0.15, 0.2) is 0 Å². The van der Waals surface area contributed by atoms with Gasteiger partial charge in [0.05, 0.1) is 20.5 Å². The Labute approximate surface area is 168 Å². The molecule has 0 aliphatic heterocycles. The summed E-state index contributed by atoms with van der Waals surface area (Å²) in [5.74, 6) is -0.216. The maximum Gasteiger partial charge on any atom is 1.00 e. The Balaban J connectivity index is 0. The van der Waals surface area contributed by atoms with E-state index in [1.165, 1.54) is 0 Å². The quantitative estimate of drug-likeness (QED) is 0.397. The minimum absolute atomic E-state index is 0. The Kier molecular flexibility index (Phi) is 14.0. The molecule has 0 saturated heterocycles. The number of carbonyl (C=O) groups is 1. The average molecular weight is 331 g/mol. The molecule has 1 aromatic rings. The van der Waals surface area contributed by atoms with Crippen LogP contribution in [0.1, 0.15) is 31.4 Å². The number of hydrogen-bond donors (Lipinski definition) is 1. The summed E-state index contributed by atoms with van der Waals surface area (Å²) >= 11 is 0. The van der Waals surface area contributed by atoms with Gasteiger partial charge >= 0.3 is 59.1 Å². The second-order valence-electron chi connectivity index (χ2n) is 4.02. The van der Waals surface area contributed by atoms with E-state index in [4.69, 9.17) is 0 Å². The van der Waals surface area contributed by atoms with E-state index in [2.05, 4.69) is 9.84 Å². The van der Waals surface area contributed by atoms with Gasteiger partial charge in [0.2, 0.25) is 5.91 Å². The molecule has 0 saturated carbocycles. The second kappa shape index (κ2) is 12.3. The van der Waals surface area contributed by atoms with Crippen molar-refractivity contribution >= 4 is 13.7 Å². The zero-order chi connectivity index (χ0) is 14.3. The molecule has 1 rings (SSSR count). The maximum atomic E-state index is 11.6. The van der Waals surface area contributed by atoms with Crippen LogP contribution in [-0.4, -0.2) is 12.5 Å². The van der Waals surface area contributed by atoms with Crippen molar-refractivity contribution in [3.8, 4) is 0 Å². The Morgan fingerprint density at radius 2 is 1.86 bits per heavy atom. The van der Waals surface area contributed by atoms with Crippen molar-refractivity contribution in [1.29, 1.82) is 0 Å². The molecule has 0 heterocycles. The third kappa shape index (κ3) is 11.0. The number of rotatable bonds is 7. The van der Waals surface area contributed by atoms with Gasteiger partial charge in [-0.1, -0.05) is 37.3 Å². The molecule has 0 fully saturated rings. The van der Waals surface area contributed by atoms with Crippen molar-refractivity contribution in [2.75, 3.05) is 6.61 Å². The van der Waals surface area contributed by atoms with Crippen molar-refractivity contribution in [3.63, 3.8) is 0 Å². The van der Waals surface area contributed by atoms with Gasteiger partial charge < -0.3 is 24.2 Å². The largest absolute Gasteiger partial charge is 1.00 e. The standard InChI is InChI=1S/C12H18NO5P.2Na/c1-2-6-12(14)13-11(9-18-19(15,16)17)10-7-4-3-5-8-10;;/h3-5,7-8,11H,2,6,9H2,1H3,(H,13,14)(H2,15,16,17);;/q;2*+1/p-2/t11-;;/m1../s1. The first kappa shape index (κ1) is 24.1. The van der Waals surface area contributed by atoms with Crippen LogP contribution in [0.3, 0.4) is 0 Å². The fourth-order valence-corrected chi connectivity index (χ4v) is 1.90. The van der Waals surface area contributed by atoms with Crippen LogP contribution in [0.25, 0.3) is 0 Å². The van der Waals surface area contributed by atoms with Crippen LogP contribution in [-0.2, 0) is 13.9 Å². The SMILES string of the molecule is CCCC(=O)N[C@H](COP(=O)([O-])[O-])c1ccccc1.[Na+].[Na+]. The third-order valence-electron chi connectivity index (χ3n) is 2.41. The van der Waals surface area contributed by atoms with Crippen molar-refractivity contribution in [3.05, 3.63) is 35.9 Å². The maximum absolute atomic E-state index is 11.6. The van der Waals surface area contributed by atoms with Crippen LogP contribution in [0.5, 0.6) is 0 Å². The number of benzene rings is 1. The molecule has 1 N–H and O–H groups in total. The molecule has 0 bridgehead atoms. The van der Waals surface area contributed by atoms with E-state index in [1.54, 1.807) is 30.3 Å². The Bertz CT molecular complexity index is 454. The van der Waals surface area contributed by atoms with E-state index < -0.39 is 20.5 Å². The smallest absolute Gasteiger partial charge is 0.790 e. The number of nitrogens with one attached hydrogen (secondary N) is 1. The fourth-order valence-electron chi connectivity index (χ4n) is 1.57. The first-order valence-corrected chi connectivity index (χ1v) is 7.39. The van der Waals surface area contributed by atoms with E-state index >= 15 is 0 Å². The molecule has 9 heteroatoms. The summed E-state index contributed by atoms with van der Waals surface area (Å²) in [5, 5.41) is 2.64. The molecule has 1 atom stereocenters. The molecule has 0 aromatic heterocycles. The first-order chi connectivity index (χ1) is 8.92. The summed E-state index contributed by atoms with van der Waals surface area (Å²) in [4.78, 5) is 32.6. The van der Waals surface area contributed by atoms with E-state index in [-0.39, 0.29) is 65.0 Å². The number of amides is 1. The zero-order valence-corrected chi connectivity index (χ0v) is 17.5. The van der Waals surface area contributed by atoms with E-state index in [0.29, 0.717) is 18.4 Å². The van der Waals surface area contributed by atoms with E-state index in [1.807, 2.05) is 6.92 Å². The normalized spacial score (nSPS) is 11.8. The zero-order valence-electron chi connectivity index (χ0n) is 12.6. The number of phosphoric acid groups is 1. The monoisotopic (exact) mass is 331 g/mol. The van der Waals surface area contributed by atoms with E-state index in [9.17, 15) is 19.1 Å². The molecular formula is C12H16NNa2O5P. The predicted molar refractivity (Wildman–Crippen MR) is 65.8 cm³/mol. The van der Waals surface area contributed by atoms with Gasteiger partial charge in [0, 0.05) is 6.42 Å². The number of hydrogen-bond acceptors (Lipinski definition) is 5. The summed E-state index contributed by atoms with van der Waals surface area (Å²) in [5.41, 5.74) is 0.681. The summed E-state index contributed by atoms with van der Waals surface area (Å²) in [7, 11) is -5.05. The summed E-state index contributed by atoms with van der Waals surface area (Å²) in [6, 6.07) is 8.09. The van der Waals surface area contributed by atoms with Gasteiger partial charge in [-0.2, -0.15) is 0 Å². The van der Waals surface area contributed by atoms with Gasteiger partial charge in [-0.05, 0) is 12.0 Å². The molecule has 106 valence electrons. The van der Waals surface area contributed by atoms with Gasteiger partial charge in [-0.15, -0.1) is 0 Å². The van der Waals surface area contributed by atoms with Crippen LogP contribution < -0.4 is 74.2 Å². The van der Waals surface area contributed by atoms with Crippen molar-refractivity contribution in [2.24, 2.45) is 0 Å². The molecule has 0 radical (unpaired) electrons. The van der Waals surface area contributed by atoms with Gasteiger partial charge in [-0.25, -0.2) is 0 Å². The van der Waals surface area contributed by atoms with Crippen LogP contribution in [0.4, 0.5) is 0 Å². The van der Waals surface area contributed by atoms with Gasteiger partial charge in [0.1, 0.15) is 0 Å². The van der Waals surface area contributed by atoms with Gasteiger partial charge in [-0.3, -0.25) is 4.79 Å². The molecule has 0 spiro atoms. The van der Waals surface area contributed by atoms with Gasteiger partial charge in [0.25, 0.3) is 0 Å². The van der Waals surface area contributed by atoms with Crippen molar-refractivity contribution in [2.45, 2.75) is 25.8 Å². The summed E-state index contributed by atoms with van der Waals surface area (Å²) in [6.45, 7) is 1.46. The number of phosphoric ester groups is 1. The Morgan fingerprint density at radius 1 is 1.29 bits per heavy atom.